The number of para-hydroxylation sites is 1. The van der Waals surface area contributed by atoms with Crippen LogP contribution in [0.3, 0.4) is 0 Å². The summed E-state index contributed by atoms with van der Waals surface area (Å²) >= 11 is 0. The van der Waals surface area contributed by atoms with Crippen LogP contribution in [0.2, 0.25) is 19.6 Å². The first-order chi connectivity index (χ1) is 17.2. The molecule has 0 radical (unpaired) electrons. The van der Waals surface area contributed by atoms with Crippen LogP contribution in [0.15, 0.2) is 53.4 Å². The molecule has 0 aliphatic rings. The van der Waals surface area contributed by atoms with Crippen molar-refractivity contribution in [2.45, 2.75) is 70.4 Å². The van der Waals surface area contributed by atoms with E-state index in [1.807, 2.05) is 38.1 Å². The number of benzene rings is 2. The average Bonchev–Trinajstić information content (AvgIpc) is 2.81. The summed E-state index contributed by atoms with van der Waals surface area (Å²) in [6, 6.07) is 14.1. The lowest BCUT2D eigenvalue weighted by molar-refractivity contribution is 0.260. The maximum atomic E-state index is 13.0. The Morgan fingerprint density at radius 1 is 0.919 bits per heavy atom. The van der Waals surface area contributed by atoms with Crippen molar-refractivity contribution < 1.29 is 25.8 Å². The summed E-state index contributed by atoms with van der Waals surface area (Å²) in [7, 11) is -8.96. The van der Waals surface area contributed by atoms with E-state index in [0.29, 0.717) is 18.8 Å². The quantitative estimate of drug-likeness (QED) is 0.196. The highest BCUT2D eigenvalue weighted by molar-refractivity contribution is 7.89. The molecule has 204 valence electrons. The first-order valence-corrected chi connectivity index (χ1v) is 19.2. The molecular formula is C27H39NO6S2Si. The predicted molar refractivity (Wildman–Crippen MR) is 151 cm³/mol. The third kappa shape index (κ3) is 10.6. The van der Waals surface area contributed by atoms with E-state index in [9.17, 15) is 16.8 Å². The minimum Gasteiger partial charge on any atom is -0.489 e. The number of rotatable bonds is 13. The summed E-state index contributed by atoms with van der Waals surface area (Å²) in [5.74, 6) is 3.60. The fourth-order valence-corrected chi connectivity index (χ4v) is 6.31. The molecule has 37 heavy (non-hydrogen) atoms. The lowest BCUT2D eigenvalue weighted by Crippen LogP contribution is -2.32. The van der Waals surface area contributed by atoms with E-state index in [2.05, 4.69) is 31.1 Å². The van der Waals surface area contributed by atoms with Crippen molar-refractivity contribution in [2.75, 3.05) is 19.3 Å². The number of sulfonamides is 1. The van der Waals surface area contributed by atoms with E-state index in [1.54, 1.807) is 24.3 Å². The molecule has 0 aliphatic carbocycles. The van der Waals surface area contributed by atoms with Crippen LogP contribution < -0.4 is 4.74 Å². The summed E-state index contributed by atoms with van der Waals surface area (Å²) < 4.78 is 62.4. The van der Waals surface area contributed by atoms with Gasteiger partial charge >= 0.3 is 0 Å². The van der Waals surface area contributed by atoms with Crippen LogP contribution in [0.4, 0.5) is 0 Å². The summed E-state index contributed by atoms with van der Waals surface area (Å²) in [6.45, 7) is 11.4. The normalized spacial score (nSPS) is 13.2. The topological polar surface area (TPSA) is 90.0 Å². The number of hydrogen-bond acceptors (Lipinski definition) is 6. The van der Waals surface area contributed by atoms with Gasteiger partial charge < -0.3 is 4.74 Å². The zero-order chi connectivity index (χ0) is 27.7. The van der Waals surface area contributed by atoms with Crippen LogP contribution in [0.1, 0.15) is 37.8 Å². The molecule has 0 spiro atoms. The fraction of sp³-hybridized carbons (Fsp3) is 0.481. The molecule has 10 heteroatoms. The molecule has 7 nitrogen and oxygen atoms in total. The van der Waals surface area contributed by atoms with Crippen LogP contribution in [0.25, 0.3) is 0 Å². The van der Waals surface area contributed by atoms with Crippen LogP contribution in [-0.2, 0) is 37.4 Å². The molecule has 0 fully saturated rings. The van der Waals surface area contributed by atoms with E-state index >= 15 is 0 Å². The van der Waals surface area contributed by atoms with E-state index in [0.717, 1.165) is 30.2 Å². The lowest BCUT2D eigenvalue weighted by Gasteiger charge is -2.21. The number of ether oxygens (including phenoxy) is 1. The van der Waals surface area contributed by atoms with E-state index < -0.39 is 34.3 Å². The molecular weight excluding hydrogens is 527 g/mol. The zero-order valence-corrected chi connectivity index (χ0v) is 25.3. The Bertz CT molecular complexity index is 1280. The van der Waals surface area contributed by atoms with Gasteiger partial charge in [-0.1, -0.05) is 69.7 Å². The molecule has 0 aromatic heterocycles. The molecule has 1 unspecified atom stereocenters. The van der Waals surface area contributed by atoms with Gasteiger partial charge in [0.1, 0.15) is 26.5 Å². The van der Waals surface area contributed by atoms with Gasteiger partial charge in [0.2, 0.25) is 10.0 Å². The van der Waals surface area contributed by atoms with Gasteiger partial charge in [0.25, 0.3) is 10.1 Å². The first kappa shape index (κ1) is 31.1. The van der Waals surface area contributed by atoms with Gasteiger partial charge in [-0.2, -0.15) is 12.7 Å². The summed E-state index contributed by atoms with van der Waals surface area (Å²) in [4.78, 5) is 0.264. The third-order valence-corrected chi connectivity index (χ3v) is 8.57. The van der Waals surface area contributed by atoms with Gasteiger partial charge in [-0.15, -0.1) is 5.54 Å². The SMILES string of the molecule is CCCN(CCC)S(=O)(=O)c1ccc(COc2ccccc2CC(C#C[Si](C)(C)C)OS(C)(=O)=O)cc1. The Hall–Kier alpha value is -2.16. The molecule has 1 atom stereocenters. The van der Waals surface area contributed by atoms with Gasteiger partial charge in [-0.25, -0.2) is 8.42 Å². The highest BCUT2D eigenvalue weighted by atomic mass is 32.2. The van der Waals surface area contributed by atoms with Gasteiger partial charge in [-0.05, 0) is 42.2 Å². The predicted octanol–water partition coefficient (Wildman–Crippen LogP) is 4.84. The maximum Gasteiger partial charge on any atom is 0.265 e. The Morgan fingerprint density at radius 2 is 1.51 bits per heavy atom. The molecule has 2 rings (SSSR count). The van der Waals surface area contributed by atoms with Crippen LogP contribution >= 0.6 is 0 Å². The molecule has 2 aromatic rings. The summed E-state index contributed by atoms with van der Waals surface area (Å²) in [5, 5.41) is 0. The van der Waals surface area contributed by atoms with Crippen LogP contribution in [0.5, 0.6) is 5.75 Å². The van der Waals surface area contributed by atoms with Gasteiger partial charge in [0.15, 0.2) is 0 Å². The minimum absolute atomic E-state index is 0.225. The van der Waals surface area contributed by atoms with Crippen molar-refractivity contribution in [1.82, 2.24) is 4.31 Å². The Balaban J connectivity index is 2.19. The van der Waals surface area contributed by atoms with E-state index in [1.165, 1.54) is 4.31 Å². The van der Waals surface area contributed by atoms with Crippen molar-refractivity contribution in [3.8, 4) is 17.2 Å². The summed E-state index contributed by atoms with van der Waals surface area (Å²) in [5.41, 5.74) is 4.78. The van der Waals surface area contributed by atoms with Gasteiger partial charge in [0, 0.05) is 19.5 Å². The highest BCUT2D eigenvalue weighted by Crippen LogP contribution is 2.23. The maximum absolute atomic E-state index is 13.0. The second kappa shape index (κ2) is 13.6. The smallest absolute Gasteiger partial charge is 0.265 e. The molecule has 0 bridgehead atoms. The Morgan fingerprint density at radius 3 is 2.05 bits per heavy atom. The number of hydrogen-bond donors (Lipinski definition) is 0. The van der Waals surface area contributed by atoms with Crippen molar-refractivity contribution >= 4 is 28.2 Å². The Labute approximate surface area is 224 Å². The minimum atomic E-state index is -3.69. The molecule has 0 saturated heterocycles. The van der Waals surface area contributed by atoms with Crippen LogP contribution in [-0.4, -0.2) is 54.7 Å². The standard InChI is InChI=1S/C27H39NO6S2Si/c1-7-18-28(19-8-2)36(31,32)26-15-13-23(14-16-26)22-33-27-12-10-9-11-24(27)21-25(34-35(3,29)30)17-20-37(4,5)6/h9-16,25H,7-8,18-19,21-22H2,1-6H3. The fourth-order valence-electron chi connectivity index (χ4n) is 3.55. The van der Waals surface area contributed by atoms with Gasteiger partial charge in [-0.3, -0.25) is 4.18 Å². The molecule has 0 amide bonds. The molecule has 0 N–H and O–H groups in total. The molecule has 0 saturated carbocycles. The highest BCUT2D eigenvalue weighted by Gasteiger charge is 2.23. The average molecular weight is 566 g/mol. The van der Waals surface area contributed by atoms with Crippen molar-refractivity contribution in [3.05, 3.63) is 59.7 Å². The van der Waals surface area contributed by atoms with E-state index in [4.69, 9.17) is 8.92 Å². The van der Waals surface area contributed by atoms with E-state index in [-0.39, 0.29) is 17.9 Å². The third-order valence-electron chi connectivity index (χ3n) is 5.18. The molecule has 2 aromatic carbocycles. The van der Waals surface area contributed by atoms with Crippen molar-refractivity contribution in [2.24, 2.45) is 0 Å². The lowest BCUT2D eigenvalue weighted by atomic mass is 10.1. The number of nitrogens with zero attached hydrogens (tertiary/aromatic N) is 1. The zero-order valence-electron chi connectivity index (χ0n) is 22.7. The molecule has 0 aliphatic heterocycles. The monoisotopic (exact) mass is 565 g/mol. The van der Waals surface area contributed by atoms with Crippen molar-refractivity contribution in [3.63, 3.8) is 0 Å². The second-order valence-electron chi connectivity index (χ2n) is 9.96. The molecule has 0 heterocycles. The van der Waals surface area contributed by atoms with Gasteiger partial charge in [0.05, 0.1) is 11.2 Å². The Kier molecular flexibility index (Phi) is 11.4. The van der Waals surface area contributed by atoms with Crippen molar-refractivity contribution in [1.29, 1.82) is 0 Å². The van der Waals surface area contributed by atoms with Crippen LogP contribution in [0, 0.1) is 11.5 Å². The summed E-state index contributed by atoms with van der Waals surface area (Å²) in [6.07, 6.45) is 1.97. The second-order valence-corrected chi connectivity index (χ2v) is 18.2. The first-order valence-electron chi connectivity index (χ1n) is 12.5. The largest absolute Gasteiger partial charge is 0.489 e.